The average Bonchev–Trinajstić information content (AvgIpc) is 2.35. The number of nitrogens with one attached hydrogen (secondary N) is 3. The Kier molecular flexibility index (Phi) is 5.87. The van der Waals surface area contributed by atoms with Gasteiger partial charge in [-0.05, 0) is 19.1 Å². The van der Waals surface area contributed by atoms with Gasteiger partial charge in [0.05, 0.1) is 6.26 Å². The molecule has 1 aromatic rings. The van der Waals surface area contributed by atoms with Crippen LogP contribution in [0.4, 0.5) is 5.82 Å². The maximum absolute atomic E-state index is 11.9. The third-order valence-corrected chi connectivity index (χ3v) is 4.36. The number of hydrogen-bond donors (Lipinski definition) is 3. The Labute approximate surface area is 119 Å². The van der Waals surface area contributed by atoms with Gasteiger partial charge in [-0.15, -0.1) is 0 Å². The first kappa shape index (κ1) is 16.8. The Hall–Kier alpha value is -1.23. The summed E-state index contributed by atoms with van der Waals surface area (Å²) in [6.45, 7) is 2.54. The molecular formula is C10H18N4O4S2. The van der Waals surface area contributed by atoms with Gasteiger partial charge in [-0.25, -0.2) is 31.3 Å². The predicted octanol–water partition coefficient (Wildman–Crippen LogP) is -0.659. The third-order valence-electron chi connectivity index (χ3n) is 2.19. The number of hydrogen-bond acceptors (Lipinski definition) is 6. The van der Waals surface area contributed by atoms with Crippen LogP contribution in [0.3, 0.4) is 0 Å². The molecule has 0 fully saturated rings. The van der Waals surface area contributed by atoms with E-state index < -0.39 is 20.0 Å². The van der Waals surface area contributed by atoms with Crippen molar-refractivity contribution in [1.82, 2.24) is 14.4 Å². The van der Waals surface area contributed by atoms with Gasteiger partial charge in [0, 0.05) is 25.8 Å². The summed E-state index contributed by atoms with van der Waals surface area (Å²) in [7, 11) is -7.01. The van der Waals surface area contributed by atoms with Gasteiger partial charge in [-0.3, -0.25) is 0 Å². The molecule has 8 nitrogen and oxygen atoms in total. The number of anilines is 1. The van der Waals surface area contributed by atoms with Crippen molar-refractivity contribution in [2.24, 2.45) is 0 Å². The van der Waals surface area contributed by atoms with Gasteiger partial charge in [0.25, 0.3) is 0 Å². The Morgan fingerprint density at radius 2 is 1.75 bits per heavy atom. The molecule has 0 amide bonds. The van der Waals surface area contributed by atoms with Gasteiger partial charge in [0.2, 0.25) is 20.0 Å². The lowest BCUT2D eigenvalue weighted by Crippen LogP contribution is -2.34. The molecule has 0 aliphatic rings. The Bertz CT molecular complexity index is 626. The first-order valence-electron chi connectivity index (χ1n) is 5.89. The van der Waals surface area contributed by atoms with Crippen molar-refractivity contribution in [2.75, 3.05) is 31.2 Å². The molecule has 20 heavy (non-hydrogen) atoms. The van der Waals surface area contributed by atoms with Gasteiger partial charge >= 0.3 is 0 Å². The molecule has 1 aromatic heterocycles. The molecule has 10 heteroatoms. The Morgan fingerprint density at radius 1 is 1.10 bits per heavy atom. The molecule has 0 spiro atoms. The molecule has 0 saturated heterocycles. The molecule has 1 heterocycles. The van der Waals surface area contributed by atoms with Crippen molar-refractivity contribution in [1.29, 1.82) is 0 Å². The largest absolute Gasteiger partial charge is 0.370 e. The summed E-state index contributed by atoms with van der Waals surface area (Å²) in [5.41, 5.74) is 0. The normalized spacial score (nSPS) is 12.3. The average molecular weight is 322 g/mol. The van der Waals surface area contributed by atoms with Gasteiger partial charge in [-0.2, -0.15) is 0 Å². The number of nitrogens with zero attached hydrogens (tertiary/aromatic N) is 1. The molecule has 0 aliphatic heterocycles. The van der Waals surface area contributed by atoms with Crippen molar-refractivity contribution < 1.29 is 16.8 Å². The standard InChI is InChI=1S/C10H18N4O4S2/c1-3-11-10-5-4-9(8-12-10)20(17,18)14-7-6-13-19(2,15)16/h4-5,8,13-14H,3,6-7H2,1-2H3,(H,11,12). The summed E-state index contributed by atoms with van der Waals surface area (Å²) in [5, 5.41) is 2.95. The molecule has 0 aliphatic carbocycles. The minimum atomic E-state index is -3.68. The molecule has 0 atom stereocenters. The summed E-state index contributed by atoms with van der Waals surface area (Å²) in [4.78, 5) is 3.99. The smallest absolute Gasteiger partial charge is 0.242 e. The van der Waals surface area contributed by atoms with E-state index in [4.69, 9.17) is 0 Å². The van der Waals surface area contributed by atoms with Crippen molar-refractivity contribution in [3.63, 3.8) is 0 Å². The highest BCUT2D eigenvalue weighted by molar-refractivity contribution is 7.89. The molecule has 0 radical (unpaired) electrons. The molecule has 3 N–H and O–H groups in total. The second-order valence-corrected chi connectivity index (χ2v) is 7.57. The van der Waals surface area contributed by atoms with E-state index in [2.05, 4.69) is 19.7 Å². The fourth-order valence-electron chi connectivity index (χ4n) is 1.33. The van der Waals surface area contributed by atoms with Crippen LogP contribution in [-0.2, 0) is 20.0 Å². The molecule has 114 valence electrons. The highest BCUT2D eigenvalue weighted by Gasteiger charge is 2.14. The van der Waals surface area contributed by atoms with Crippen molar-refractivity contribution >= 4 is 25.9 Å². The van der Waals surface area contributed by atoms with Gasteiger partial charge in [-0.1, -0.05) is 0 Å². The molecule has 1 rings (SSSR count). The van der Waals surface area contributed by atoms with Gasteiger partial charge in [0.1, 0.15) is 10.7 Å². The van der Waals surface area contributed by atoms with E-state index in [1.165, 1.54) is 12.3 Å². The number of rotatable bonds is 8. The molecule has 0 unspecified atom stereocenters. The van der Waals surface area contributed by atoms with E-state index in [-0.39, 0.29) is 18.0 Å². The van der Waals surface area contributed by atoms with E-state index in [0.717, 1.165) is 6.26 Å². The van der Waals surface area contributed by atoms with Crippen LogP contribution in [0.2, 0.25) is 0 Å². The van der Waals surface area contributed by atoms with Crippen LogP contribution >= 0.6 is 0 Å². The maximum atomic E-state index is 11.9. The van der Waals surface area contributed by atoms with Crippen LogP contribution in [0.25, 0.3) is 0 Å². The second kappa shape index (κ2) is 6.97. The van der Waals surface area contributed by atoms with Crippen LogP contribution in [0.15, 0.2) is 23.2 Å². The third kappa shape index (κ3) is 5.82. The zero-order valence-electron chi connectivity index (χ0n) is 11.3. The van der Waals surface area contributed by atoms with Crippen molar-refractivity contribution in [2.45, 2.75) is 11.8 Å². The van der Waals surface area contributed by atoms with Crippen LogP contribution in [0.1, 0.15) is 6.92 Å². The van der Waals surface area contributed by atoms with Gasteiger partial charge < -0.3 is 5.32 Å². The highest BCUT2D eigenvalue weighted by atomic mass is 32.2. The summed E-state index contributed by atoms with van der Waals surface area (Å²) < 4.78 is 49.9. The Morgan fingerprint density at radius 3 is 2.25 bits per heavy atom. The predicted molar refractivity (Wildman–Crippen MR) is 76.4 cm³/mol. The highest BCUT2D eigenvalue weighted by Crippen LogP contribution is 2.09. The summed E-state index contributed by atoms with van der Waals surface area (Å²) in [5.74, 6) is 0.588. The van der Waals surface area contributed by atoms with Crippen LogP contribution < -0.4 is 14.8 Å². The number of sulfonamides is 2. The topological polar surface area (TPSA) is 117 Å². The Balaban J connectivity index is 2.60. The van der Waals surface area contributed by atoms with Crippen molar-refractivity contribution in [3.8, 4) is 0 Å². The monoisotopic (exact) mass is 322 g/mol. The molecule has 0 bridgehead atoms. The van der Waals surface area contributed by atoms with E-state index in [0.29, 0.717) is 12.4 Å². The van der Waals surface area contributed by atoms with Crippen LogP contribution in [-0.4, -0.2) is 47.7 Å². The lowest BCUT2D eigenvalue weighted by atomic mass is 10.4. The lowest BCUT2D eigenvalue weighted by Gasteiger charge is -2.08. The summed E-state index contributed by atoms with van der Waals surface area (Å²) in [6, 6.07) is 2.99. The summed E-state index contributed by atoms with van der Waals surface area (Å²) >= 11 is 0. The van der Waals surface area contributed by atoms with E-state index in [1.807, 2.05) is 6.92 Å². The summed E-state index contributed by atoms with van der Waals surface area (Å²) in [6.07, 6.45) is 2.25. The number of aromatic nitrogens is 1. The fourth-order valence-corrected chi connectivity index (χ4v) is 2.78. The second-order valence-electron chi connectivity index (χ2n) is 3.97. The minimum Gasteiger partial charge on any atom is -0.370 e. The zero-order chi connectivity index (χ0) is 15.2. The molecule has 0 saturated carbocycles. The zero-order valence-corrected chi connectivity index (χ0v) is 12.9. The van der Waals surface area contributed by atoms with Gasteiger partial charge in [0.15, 0.2) is 0 Å². The van der Waals surface area contributed by atoms with Crippen LogP contribution in [0.5, 0.6) is 0 Å². The maximum Gasteiger partial charge on any atom is 0.242 e. The molecular weight excluding hydrogens is 304 g/mol. The SMILES string of the molecule is CCNc1ccc(S(=O)(=O)NCCNS(C)(=O)=O)cn1. The quantitative estimate of drug-likeness (QED) is 0.547. The number of pyridine rings is 1. The minimum absolute atomic E-state index is 0.0129. The van der Waals surface area contributed by atoms with E-state index in [9.17, 15) is 16.8 Å². The first-order valence-corrected chi connectivity index (χ1v) is 9.26. The molecule has 0 aromatic carbocycles. The van der Waals surface area contributed by atoms with E-state index >= 15 is 0 Å². The first-order chi connectivity index (χ1) is 9.24. The lowest BCUT2D eigenvalue weighted by molar-refractivity contribution is 0.573. The van der Waals surface area contributed by atoms with Crippen molar-refractivity contribution in [3.05, 3.63) is 18.3 Å². The fraction of sp³-hybridized carbons (Fsp3) is 0.500. The van der Waals surface area contributed by atoms with E-state index in [1.54, 1.807) is 6.07 Å². The van der Waals surface area contributed by atoms with Crippen LogP contribution in [0, 0.1) is 0 Å².